The second kappa shape index (κ2) is 5.85. The quantitative estimate of drug-likeness (QED) is 0.605. The van der Waals surface area contributed by atoms with Crippen LogP contribution in [0.3, 0.4) is 0 Å². The molecule has 0 radical (unpaired) electrons. The molecule has 0 spiro atoms. The molecule has 0 unspecified atom stereocenters. The zero-order chi connectivity index (χ0) is 12.0. The smallest absolute Gasteiger partial charge is 0.181 e. The standard InChI is InChI=1S/C13H15NO2/c1-3-12(10(2)15)14-9-13(16)11-7-5-4-6-8-11/h3-8,14H,9H2,1-2H3/b12-3-. The highest BCUT2D eigenvalue weighted by Crippen LogP contribution is 2.00. The second-order valence-electron chi connectivity index (χ2n) is 3.40. The highest BCUT2D eigenvalue weighted by Gasteiger charge is 2.07. The average molecular weight is 217 g/mol. The minimum absolute atomic E-state index is 0.0267. The molecule has 0 saturated carbocycles. The minimum atomic E-state index is -0.0663. The van der Waals surface area contributed by atoms with Gasteiger partial charge in [-0.15, -0.1) is 0 Å². The molecule has 1 rings (SSSR count). The summed E-state index contributed by atoms with van der Waals surface area (Å²) in [5.41, 5.74) is 1.12. The number of Topliss-reactive ketones (excluding diaryl/α,β-unsaturated/α-hetero) is 2. The zero-order valence-electron chi connectivity index (χ0n) is 9.49. The summed E-state index contributed by atoms with van der Waals surface area (Å²) in [4.78, 5) is 22.8. The number of carbonyl (C=O) groups is 2. The molecule has 0 aromatic heterocycles. The van der Waals surface area contributed by atoms with E-state index in [4.69, 9.17) is 0 Å². The lowest BCUT2D eigenvalue weighted by Crippen LogP contribution is -2.25. The Hall–Kier alpha value is -1.90. The van der Waals surface area contributed by atoms with Crippen molar-refractivity contribution in [3.63, 3.8) is 0 Å². The Morgan fingerprint density at radius 1 is 1.25 bits per heavy atom. The number of hydrogen-bond acceptors (Lipinski definition) is 3. The first kappa shape index (κ1) is 12.2. The topological polar surface area (TPSA) is 46.2 Å². The number of carbonyl (C=O) groups excluding carboxylic acids is 2. The molecule has 0 amide bonds. The molecule has 1 aromatic rings. The number of ketones is 2. The Labute approximate surface area is 95.2 Å². The number of allylic oxidation sites excluding steroid dienone is 2. The van der Waals surface area contributed by atoms with Crippen LogP contribution in [0.25, 0.3) is 0 Å². The average Bonchev–Trinajstić information content (AvgIpc) is 2.30. The molecule has 16 heavy (non-hydrogen) atoms. The molecular formula is C13H15NO2. The molecule has 3 nitrogen and oxygen atoms in total. The van der Waals surface area contributed by atoms with E-state index >= 15 is 0 Å². The Kier molecular flexibility index (Phi) is 4.45. The molecule has 0 atom stereocenters. The molecule has 3 heteroatoms. The monoisotopic (exact) mass is 217 g/mol. The van der Waals surface area contributed by atoms with Gasteiger partial charge in [0, 0.05) is 12.5 Å². The van der Waals surface area contributed by atoms with Gasteiger partial charge in [-0.2, -0.15) is 0 Å². The number of hydrogen-bond donors (Lipinski definition) is 1. The molecule has 1 aromatic carbocycles. The molecular weight excluding hydrogens is 202 g/mol. The maximum Gasteiger partial charge on any atom is 0.181 e. The van der Waals surface area contributed by atoms with Gasteiger partial charge in [0.25, 0.3) is 0 Å². The summed E-state index contributed by atoms with van der Waals surface area (Å²) in [6.45, 7) is 3.37. The fourth-order valence-corrected chi connectivity index (χ4v) is 1.33. The highest BCUT2D eigenvalue weighted by atomic mass is 16.1. The van der Waals surface area contributed by atoms with E-state index in [0.29, 0.717) is 11.3 Å². The minimum Gasteiger partial charge on any atom is -0.375 e. The van der Waals surface area contributed by atoms with Crippen LogP contribution >= 0.6 is 0 Å². The van der Waals surface area contributed by atoms with E-state index in [2.05, 4.69) is 5.32 Å². The predicted octanol–water partition coefficient (Wildman–Crippen LogP) is 1.95. The molecule has 84 valence electrons. The third kappa shape index (κ3) is 3.35. The summed E-state index contributed by atoms with van der Waals surface area (Å²) in [5.74, 6) is -0.0930. The van der Waals surface area contributed by atoms with Crippen molar-refractivity contribution in [1.29, 1.82) is 0 Å². The molecule has 0 heterocycles. The van der Waals surface area contributed by atoms with Gasteiger partial charge in [-0.05, 0) is 6.92 Å². The van der Waals surface area contributed by atoms with Crippen LogP contribution in [-0.4, -0.2) is 18.1 Å². The van der Waals surface area contributed by atoms with Crippen LogP contribution in [0.1, 0.15) is 24.2 Å². The van der Waals surface area contributed by atoms with Crippen molar-refractivity contribution in [3.8, 4) is 0 Å². The van der Waals surface area contributed by atoms with Crippen LogP contribution in [0.5, 0.6) is 0 Å². The first-order valence-electron chi connectivity index (χ1n) is 5.14. The number of benzene rings is 1. The lowest BCUT2D eigenvalue weighted by Gasteiger charge is -2.06. The predicted molar refractivity (Wildman–Crippen MR) is 63.2 cm³/mol. The van der Waals surface area contributed by atoms with Gasteiger partial charge in [-0.3, -0.25) is 9.59 Å². The summed E-state index contributed by atoms with van der Waals surface area (Å²) in [6, 6.07) is 9.00. The third-order valence-electron chi connectivity index (χ3n) is 2.20. The Balaban J connectivity index is 2.57. The summed E-state index contributed by atoms with van der Waals surface area (Å²) < 4.78 is 0. The summed E-state index contributed by atoms with van der Waals surface area (Å²) in [6.07, 6.45) is 1.67. The van der Waals surface area contributed by atoms with Crippen molar-refractivity contribution in [1.82, 2.24) is 5.32 Å². The maximum atomic E-state index is 11.7. The van der Waals surface area contributed by atoms with E-state index in [1.54, 1.807) is 25.1 Å². The summed E-state index contributed by atoms with van der Waals surface area (Å²) >= 11 is 0. The van der Waals surface area contributed by atoms with E-state index in [1.165, 1.54) is 6.92 Å². The van der Waals surface area contributed by atoms with E-state index in [0.717, 1.165) is 0 Å². The fraction of sp³-hybridized carbons (Fsp3) is 0.231. The molecule has 0 bridgehead atoms. The Morgan fingerprint density at radius 3 is 2.38 bits per heavy atom. The molecule has 0 aliphatic rings. The Bertz CT molecular complexity index is 407. The van der Waals surface area contributed by atoms with Crippen LogP contribution < -0.4 is 5.32 Å². The number of nitrogens with one attached hydrogen (secondary N) is 1. The van der Waals surface area contributed by atoms with Gasteiger partial charge >= 0.3 is 0 Å². The molecule has 0 saturated heterocycles. The zero-order valence-corrected chi connectivity index (χ0v) is 9.49. The molecule has 0 aliphatic heterocycles. The lowest BCUT2D eigenvalue weighted by molar-refractivity contribution is -0.113. The lowest BCUT2D eigenvalue weighted by atomic mass is 10.1. The van der Waals surface area contributed by atoms with Crippen molar-refractivity contribution >= 4 is 11.6 Å². The van der Waals surface area contributed by atoms with Gasteiger partial charge in [0.05, 0.1) is 12.2 Å². The van der Waals surface area contributed by atoms with Crippen molar-refractivity contribution < 1.29 is 9.59 Å². The van der Waals surface area contributed by atoms with Gasteiger partial charge < -0.3 is 5.32 Å². The second-order valence-corrected chi connectivity index (χ2v) is 3.40. The first-order chi connectivity index (χ1) is 7.65. The Morgan fingerprint density at radius 2 is 1.88 bits per heavy atom. The van der Waals surface area contributed by atoms with E-state index < -0.39 is 0 Å². The van der Waals surface area contributed by atoms with Crippen LogP contribution in [0.4, 0.5) is 0 Å². The van der Waals surface area contributed by atoms with Gasteiger partial charge in [-0.1, -0.05) is 36.4 Å². The normalized spacial score (nSPS) is 11.0. The van der Waals surface area contributed by atoms with Crippen molar-refractivity contribution in [2.24, 2.45) is 0 Å². The third-order valence-corrected chi connectivity index (χ3v) is 2.20. The molecule has 1 N–H and O–H groups in total. The summed E-state index contributed by atoms with van der Waals surface area (Å²) in [5, 5.41) is 2.83. The van der Waals surface area contributed by atoms with Gasteiger partial charge in [-0.25, -0.2) is 0 Å². The van der Waals surface area contributed by atoms with Crippen LogP contribution in [-0.2, 0) is 4.79 Å². The first-order valence-corrected chi connectivity index (χ1v) is 5.14. The van der Waals surface area contributed by atoms with Crippen LogP contribution in [0, 0.1) is 0 Å². The highest BCUT2D eigenvalue weighted by molar-refractivity contribution is 5.99. The summed E-state index contributed by atoms with van der Waals surface area (Å²) in [7, 11) is 0. The fourth-order valence-electron chi connectivity index (χ4n) is 1.33. The molecule has 0 aliphatic carbocycles. The van der Waals surface area contributed by atoms with Crippen molar-refractivity contribution in [3.05, 3.63) is 47.7 Å². The SMILES string of the molecule is C/C=C(\NCC(=O)c1ccccc1)C(C)=O. The van der Waals surface area contributed by atoms with E-state index in [1.807, 2.05) is 18.2 Å². The largest absolute Gasteiger partial charge is 0.375 e. The number of rotatable bonds is 5. The van der Waals surface area contributed by atoms with Crippen LogP contribution in [0.15, 0.2) is 42.1 Å². The molecule has 0 fully saturated rings. The van der Waals surface area contributed by atoms with Gasteiger partial charge in [0.2, 0.25) is 0 Å². The van der Waals surface area contributed by atoms with Crippen LogP contribution in [0.2, 0.25) is 0 Å². The van der Waals surface area contributed by atoms with Crippen molar-refractivity contribution in [2.45, 2.75) is 13.8 Å². The van der Waals surface area contributed by atoms with Crippen molar-refractivity contribution in [2.75, 3.05) is 6.54 Å². The van der Waals surface area contributed by atoms with Gasteiger partial charge in [0.15, 0.2) is 11.6 Å². The maximum absolute atomic E-state index is 11.7. The van der Waals surface area contributed by atoms with E-state index in [9.17, 15) is 9.59 Å². The van der Waals surface area contributed by atoms with Gasteiger partial charge in [0.1, 0.15) is 0 Å². The van der Waals surface area contributed by atoms with E-state index in [-0.39, 0.29) is 18.1 Å².